The van der Waals surface area contributed by atoms with Crippen LogP contribution in [0.4, 0.5) is 0 Å². The first-order chi connectivity index (χ1) is 6.50. The van der Waals surface area contributed by atoms with Crippen molar-refractivity contribution in [3.8, 4) is 0 Å². The summed E-state index contributed by atoms with van der Waals surface area (Å²) in [6.45, 7) is 6.07. The van der Waals surface area contributed by atoms with E-state index in [1.807, 2.05) is 20.8 Å². The molecule has 0 saturated heterocycles. The Balaban J connectivity index is 3.86. The molecule has 0 heterocycles. The van der Waals surface area contributed by atoms with Crippen LogP contribution >= 0.6 is 0 Å². The average molecular weight is 203 g/mol. The smallest absolute Gasteiger partial charge is 0.336 e. The molecule has 0 aromatic rings. The van der Waals surface area contributed by atoms with Crippen molar-refractivity contribution in [1.82, 2.24) is 0 Å². The number of carbonyl (C=O) groups is 1. The summed E-state index contributed by atoms with van der Waals surface area (Å²) in [5, 5.41) is 9.46. The molecule has 14 heavy (non-hydrogen) atoms. The maximum atomic E-state index is 11.2. The van der Waals surface area contributed by atoms with Crippen LogP contribution in [-0.2, 0) is 9.53 Å². The monoisotopic (exact) mass is 203 g/mol. The van der Waals surface area contributed by atoms with Crippen LogP contribution in [0.2, 0.25) is 0 Å². The van der Waals surface area contributed by atoms with Gasteiger partial charge in [0, 0.05) is 6.04 Å². The van der Waals surface area contributed by atoms with Crippen LogP contribution in [0, 0.1) is 5.92 Å². The molecular weight excluding hydrogens is 182 g/mol. The van der Waals surface area contributed by atoms with Gasteiger partial charge in [0.1, 0.15) is 0 Å². The molecule has 0 radical (unpaired) electrons. The number of nitrogens with two attached hydrogens (primary N) is 1. The molecule has 0 saturated carbocycles. The standard InChI is InChI=1S/C10H21NO3/c1-4-5-6-14-10(13)9(12)8(11)7(2)3/h7-9,12H,4-6,11H2,1-3H3/t8-,9?/m1/s1. The van der Waals surface area contributed by atoms with Gasteiger partial charge in [-0.2, -0.15) is 0 Å². The number of carbonyl (C=O) groups excluding carboxylic acids is 1. The summed E-state index contributed by atoms with van der Waals surface area (Å²) in [6.07, 6.45) is 0.571. The fourth-order valence-electron chi connectivity index (χ4n) is 0.924. The highest BCUT2D eigenvalue weighted by Gasteiger charge is 2.26. The number of ether oxygens (including phenoxy) is 1. The van der Waals surface area contributed by atoms with Gasteiger partial charge in [-0.15, -0.1) is 0 Å². The van der Waals surface area contributed by atoms with Crippen molar-refractivity contribution in [2.24, 2.45) is 11.7 Å². The van der Waals surface area contributed by atoms with E-state index in [-0.39, 0.29) is 5.92 Å². The topological polar surface area (TPSA) is 72.5 Å². The molecule has 3 N–H and O–H groups in total. The lowest BCUT2D eigenvalue weighted by molar-refractivity contribution is -0.155. The van der Waals surface area contributed by atoms with Gasteiger partial charge in [-0.3, -0.25) is 0 Å². The summed E-state index contributed by atoms with van der Waals surface area (Å²) < 4.78 is 4.85. The van der Waals surface area contributed by atoms with Gasteiger partial charge in [-0.05, 0) is 12.3 Å². The van der Waals surface area contributed by atoms with E-state index in [2.05, 4.69) is 0 Å². The van der Waals surface area contributed by atoms with E-state index in [9.17, 15) is 9.90 Å². The lowest BCUT2D eigenvalue weighted by Gasteiger charge is -2.20. The van der Waals surface area contributed by atoms with E-state index < -0.39 is 18.1 Å². The average Bonchev–Trinajstić information content (AvgIpc) is 2.15. The van der Waals surface area contributed by atoms with Crippen LogP contribution in [0.3, 0.4) is 0 Å². The van der Waals surface area contributed by atoms with Crippen LogP contribution < -0.4 is 5.73 Å². The van der Waals surface area contributed by atoms with Gasteiger partial charge < -0.3 is 15.6 Å². The van der Waals surface area contributed by atoms with Crippen molar-refractivity contribution in [3.05, 3.63) is 0 Å². The second-order valence-corrected chi connectivity index (χ2v) is 3.79. The maximum absolute atomic E-state index is 11.2. The minimum absolute atomic E-state index is 0.0590. The third kappa shape index (κ3) is 4.58. The number of aliphatic hydroxyl groups is 1. The van der Waals surface area contributed by atoms with E-state index in [4.69, 9.17) is 10.5 Å². The molecule has 4 nitrogen and oxygen atoms in total. The minimum atomic E-state index is -1.20. The summed E-state index contributed by atoms with van der Waals surface area (Å²) in [7, 11) is 0. The molecule has 0 fully saturated rings. The predicted octanol–water partition coefficient (Wildman–Crippen LogP) is 0.674. The van der Waals surface area contributed by atoms with Gasteiger partial charge in [-0.1, -0.05) is 27.2 Å². The summed E-state index contributed by atoms with van der Waals surface area (Å²) in [5.74, 6) is -0.552. The molecule has 0 aromatic carbocycles. The van der Waals surface area contributed by atoms with Crippen molar-refractivity contribution in [2.75, 3.05) is 6.61 Å². The molecular formula is C10H21NO3. The van der Waals surface area contributed by atoms with E-state index in [0.717, 1.165) is 12.8 Å². The van der Waals surface area contributed by atoms with Crippen LogP contribution in [0.1, 0.15) is 33.6 Å². The third-order valence-electron chi connectivity index (χ3n) is 2.12. The van der Waals surface area contributed by atoms with Gasteiger partial charge in [-0.25, -0.2) is 4.79 Å². The first kappa shape index (κ1) is 13.4. The highest BCUT2D eigenvalue weighted by molar-refractivity contribution is 5.75. The lowest BCUT2D eigenvalue weighted by Crippen LogP contribution is -2.44. The number of hydrogen-bond acceptors (Lipinski definition) is 4. The second-order valence-electron chi connectivity index (χ2n) is 3.79. The molecule has 0 spiro atoms. The zero-order valence-electron chi connectivity index (χ0n) is 9.19. The van der Waals surface area contributed by atoms with Crippen LogP contribution in [0.15, 0.2) is 0 Å². The highest BCUT2D eigenvalue weighted by atomic mass is 16.5. The number of esters is 1. The van der Waals surface area contributed by atoms with Crippen LogP contribution in [0.5, 0.6) is 0 Å². The Labute approximate surface area is 85.4 Å². The largest absolute Gasteiger partial charge is 0.464 e. The van der Waals surface area contributed by atoms with E-state index in [1.165, 1.54) is 0 Å². The lowest BCUT2D eigenvalue weighted by atomic mass is 10.00. The Morgan fingerprint density at radius 1 is 1.50 bits per heavy atom. The highest BCUT2D eigenvalue weighted by Crippen LogP contribution is 2.05. The van der Waals surface area contributed by atoms with Gasteiger partial charge in [0.15, 0.2) is 6.10 Å². The quantitative estimate of drug-likeness (QED) is 0.491. The zero-order chi connectivity index (χ0) is 11.1. The normalized spacial score (nSPS) is 15.3. The van der Waals surface area contributed by atoms with Crippen molar-refractivity contribution in [1.29, 1.82) is 0 Å². The molecule has 0 aliphatic carbocycles. The zero-order valence-corrected chi connectivity index (χ0v) is 9.19. The molecule has 1 unspecified atom stereocenters. The van der Waals surface area contributed by atoms with Gasteiger partial charge >= 0.3 is 5.97 Å². The molecule has 0 aliphatic rings. The molecule has 4 heteroatoms. The summed E-state index contributed by atoms with van der Waals surface area (Å²) in [5.41, 5.74) is 5.61. The maximum Gasteiger partial charge on any atom is 0.336 e. The van der Waals surface area contributed by atoms with Crippen molar-refractivity contribution in [2.45, 2.75) is 45.8 Å². The minimum Gasteiger partial charge on any atom is -0.464 e. The Kier molecular flexibility index (Phi) is 6.49. The van der Waals surface area contributed by atoms with Gasteiger partial charge in [0.25, 0.3) is 0 Å². The number of rotatable bonds is 6. The number of hydrogen-bond donors (Lipinski definition) is 2. The predicted molar refractivity (Wildman–Crippen MR) is 54.7 cm³/mol. The fraction of sp³-hybridized carbons (Fsp3) is 0.900. The Bertz CT molecular complexity index is 171. The van der Waals surface area contributed by atoms with Gasteiger partial charge in [0.05, 0.1) is 6.61 Å². The molecule has 0 aromatic heterocycles. The summed E-state index contributed by atoms with van der Waals surface area (Å²) in [6, 6.07) is -0.552. The molecule has 84 valence electrons. The molecule has 2 atom stereocenters. The van der Waals surface area contributed by atoms with Crippen molar-refractivity contribution < 1.29 is 14.6 Å². The third-order valence-corrected chi connectivity index (χ3v) is 2.12. The van der Waals surface area contributed by atoms with Crippen molar-refractivity contribution >= 4 is 5.97 Å². The Hall–Kier alpha value is -0.610. The Morgan fingerprint density at radius 2 is 2.07 bits per heavy atom. The van der Waals surface area contributed by atoms with Crippen molar-refractivity contribution in [3.63, 3.8) is 0 Å². The SMILES string of the molecule is CCCCOC(=O)C(O)[C@H](N)C(C)C. The van der Waals surface area contributed by atoms with Crippen LogP contribution in [0.25, 0.3) is 0 Å². The molecule has 0 bridgehead atoms. The summed E-state index contributed by atoms with van der Waals surface area (Å²) in [4.78, 5) is 11.2. The number of unbranched alkanes of at least 4 members (excludes halogenated alkanes) is 1. The first-order valence-corrected chi connectivity index (χ1v) is 5.11. The van der Waals surface area contributed by atoms with Gasteiger partial charge in [0.2, 0.25) is 0 Å². The van der Waals surface area contributed by atoms with E-state index >= 15 is 0 Å². The summed E-state index contributed by atoms with van der Waals surface area (Å²) >= 11 is 0. The fourth-order valence-corrected chi connectivity index (χ4v) is 0.924. The molecule has 0 rings (SSSR count). The molecule has 0 aliphatic heterocycles. The molecule has 0 amide bonds. The Morgan fingerprint density at radius 3 is 2.50 bits per heavy atom. The second kappa shape index (κ2) is 6.79. The van der Waals surface area contributed by atoms with E-state index in [0.29, 0.717) is 6.61 Å². The van der Waals surface area contributed by atoms with Crippen LogP contribution in [-0.4, -0.2) is 29.8 Å². The first-order valence-electron chi connectivity index (χ1n) is 5.11. The van der Waals surface area contributed by atoms with E-state index in [1.54, 1.807) is 0 Å². The number of aliphatic hydroxyl groups excluding tert-OH is 1.